The van der Waals surface area contributed by atoms with Crippen molar-refractivity contribution in [3.8, 4) is 0 Å². The lowest BCUT2D eigenvalue weighted by Crippen LogP contribution is -2.03. The summed E-state index contributed by atoms with van der Waals surface area (Å²) in [5, 5.41) is 0. The van der Waals surface area contributed by atoms with E-state index in [2.05, 4.69) is 9.47 Å². The molecule has 1 aromatic carbocycles. The Bertz CT molecular complexity index is 366. The second kappa shape index (κ2) is 7.29. The third-order valence-corrected chi connectivity index (χ3v) is 1.80. The highest BCUT2D eigenvalue weighted by Gasteiger charge is 1.94. The number of hydrogen-bond donors (Lipinski definition) is 0. The van der Waals surface area contributed by atoms with Crippen LogP contribution >= 0.6 is 0 Å². The molecular formula is C13H14O3. The lowest BCUT2D eigenvalue weighted by molar-refractivity contribution is 0.0818. The highest BCUT2D eigenvalue weighted by atomic mass is 16.7. The first-order valence-corrected chi connectivity index (χ1v) is 4.92. The molecule has 0 radical (unpaired) electrons. The summed E-state index contributed by atoms with van der Waals surface area (Å²) in [5.74, 6) is 0. The summed E-state index contributed by atoms with van der Waals surface area (Å²) in [7, 11) is 1.28. The molecule has 0 heterocycles. The molecule has 0 unspecified atom stereocenters. The molecule has 0 amide bonds. The van der Waals surface area contributed by atoms with Crippen molar-refractivity contribution in [1.82, 2.24) is 0 Å². The third kappa shape index (κ3) is 5.00. The molecule has 84 valence electrons. The average Bonchev–Trinajstić information content (AvgIpc) is 2.34. The van der Waals surface area contributed by atoms with Gasteiger partial charge >= 0.3 is 6.16 Å². The molecule has 0 saturated heterocycles. The number of ether oxygens (including phenoxy) is 2. The van der Waals surface area contributed by atoms with Crippen LogP contribution < -0.4 is 0 Å². The molecule has 0 saturated carbocycles. The molecule has 0 fully saturated rings. The lowest BCUT2D eigenvalue weighted by Gasteiger charge is -1.96. The van der Waals surface area contributed by atoms with E-state index in [1.54, 1.807) is 6.08 Å². The van der Waals surface area contributed by atoms with Crippen LogP contribution in [0, 0.1) is 0 Å². The molecule has 0 spiro atoms. The molecule has 1 rings (SSSR count). The van der Waals surface area contributed by atoms with Crippen molar-refractivity contribution in [2.75, 3.05) is 13.7 Å². The molecule has 0 aromatic heterocycles. The van der Waals surface area contributed by atoms with Gasteiger partial charge in [-0.3, -0.25) is 0 Å². The Morgan fingerprint density at radius 1 is 1.25 bits per heavy atom. The van der Waals surface area contributed by atoms with E-state index in [1.807, 2.05) is 48.6 Å². The first-order chi connectivity index (χ1) is 7.83. The SMILES string of the molecule is COC(=O)OCC=CC=Cc1ccccc1. The van der Waals surface area contributed by atoms with Crippen LogP contribution in [0.15, 0.2) is 48.6 Å². The second-order valence-corrected chi connectivity index (χ2v) is 2.96. The highest BCUT2D eigenvalue weighted by Crippen LogP contribution is 2.00. The summed E-state index contributed by atoms with van der Waals surface area (Å²) in [4.78, 5) is 10.6. The molecule has 0 bridgehead atoms. The van der Waals surface area contributed by atoms with E-state index in [0.717, 1.165) is 5.56 Å². The van der Waals surface area contributed by atoms with E-state index in [9.17, 15) is 4.79 Å². The van der Waals surface area contributed by atoms with E-state index in [-0.39, 0.29) is 6.61 Å². The summed E-state index contributed by atoms with van der Waals surface area (Å²) in [6.45, 7) is 0.214. The molecule has 0 aliphatic rings. The largest absolute Gasteiger partial charge is 0.508 e. The molecule has 3 nitrogen and oxygen atoms in total. The van der Waals surface area contributed by atoms with Gasteiger partial charge < -0.3 is 9.47 Å². The summed E-state index contributed by atoms with van der Waals surface area (Å²) in [6.07, 6.45) is 6.73. The zero-order valence-corrected chi connectivity index (χ0v) is 9.13. The van der Waals surface area contributed by atoms with E-state index in [4.69, 9.17) is 0 Å². The molecule has 16 heavy (non-hydrogen) atoms. The summed E-state index contributed by atoms with van der Waals surface area (Å²) >= 11 is 0. The fraction of sp³-hybridized carbons (Fsp3) is 0.154. The van der Waals surface area contributed by atoms with Gasteiger partial charge in [-0.1, -0.05) is 48.6 Å². The maximum Gasteiger partial charge on any atom is 0.508 e. The van der Waals surface area contributed by atoms with E-state index in [1.165, 1.54) is 7.11 Å². The quantitative estimate of drug-likeness (QED) is 0.575. The first-order valence-electron chi connectivity index (χ1n) is 4.92. The van der Waals surface area contributed by atoms with Gasteiger partial charge in [0.15, 0.2) is 0 Å². The van der Waals surface area contributed by atoms with Gasteiger partial charge in [0, 0.05) is 0 Å². The van der Waals surface area contributed by atoms with Crippen LogP contribution in [-0.4, -0.2) is 19.9 Å². The minimum absolute atomic E-state index is 0.214. The Balaban J connectivity index is 2.27. The molecule has 3 heteroatoms. The van der Waals surface area contributed by atoms with Crippen molar-refractivity contribution in [3.05, 3.63) is 54.1 Å². The van der Waals surface area contributed by atoms with E-state index >= 15 is 0 Å². The van der Waals surface area contributed by atoms with Crippen molar-refractivity contribution >= 4 is 12.2 Å². The van der Waals surface area contributed by atoms with Gasteiger partial charge in [0.25, 0.3) is 0 Å². The van der Waals surface area contributed by atoms with Crippen LogP contribution in [-0.2, 0) is 9.47 Å². The van der Waals surface area contributed by atoms with E-state index in [0.29, 0.717) is 0 Å². The zero-order valence-electron chi connectivity index (χ0n) is 9.13. The Hall–Kier alpha value is -2.03. The highest BCUT2D eigenvalue weighted by molar-refractivity contribution is 5.59. The third-order valence-electron chi connectivity index (χ3n) is 1.80. The Morgan fingerprint density at radius 3 is 2.69 bits per heavy atom. The molecular weight excluding hydrogens is 204 g/mol. The normalized spacial score (nSPS) is 10.8. The predicted octanol–water partition coefficient (Wildman–Crippen LogP) is 3.04. The standard InChI is InChI=1S/C13H14O3/c1-15-13(14)16-11-7-3-6-10-12-8-4-2-5-9-12/h2-10H,11H2,1H3. The van der Waals surface area contributed by atoms with Gasteiger partial charge in [0.1, 0.15) is 6.61 Å². The number of allylic oxidation sites excluding steroid dienone is 2. The minimum Gasteiger partial charge on any atom is -0.438 e. The van der Waals surface area contributed by atoms with Crippen LogP contribution in [0.4, 0.5) is 4.79 Å². The average molecular weight is 218 g/mol. The number of carbonyl (C=O) groups is 1. The van der Waals surface area contributed by atoms with Gasteiger partial charge in [-0.15, -0.1) is 0 Å². The number of benzene rings is 1. The Morgan fingerprint density at radius 2 is 2.00 bits per heavy atom. The van der Waals surface area contributed by atoms with Crippen LogP contribution in [0.25, 0.3) is 6.08 Å². The summed E-state index contributed by atoms with van der Waals surface area (Å²) in [5.41, 5.74) is 1.13. The van der Waals surface area contributed by atoms with Gasteiger partial charge in [0.05, 0.1) is 7.11 Å². The molecule has 0 N–H and O–H groups in total. The number of rotatable bonds is 4. The number of carbonyl (C=O) groups excluding carboxylic acids is 1. The van der Waals surface area contributed by atoms with Gasteiger partial charge in [-0.25, -0.2) is 4.79 Å². The van der Waals surface area contributed by atoms with Gasteiger partial charge in [-0.2, -0.15) is 0 Å². The Kier molecular flexibility index (Phi) is 5.48. The van der Waals surface area contributed by atoms with Crippen molar-refractivity contribution in [2.45, 2.75) is 0 Å². The fourth-order valence-corrected chi connectivity index (χ4v) is 1.04. The van der Waals surface area contributed by atoms with Gasteiger partial charge in [0.2, 0.25) is 0 Å². The maximum absolute atomic E-state index is 10.6. The molecule has 0 aliphatic carbocycles. The smallest absolute Gasteiger partial charge is 0.438 e. The minimum atomic E-state index is -0.670. The molecule has 1 aromatic rings. The zero-order chi connectivity index (χ0) is 11.6. The van der Waals surface area contributed by atoms with Crippen molar-refractivity contribution in [3.63, 3.8) is 0 Å². The van der Waals surface area contributed by atoms with Crippen LogP contribution in [0.2, 0.25) is 0 Å². The fourth-order valence-electron chi connectivity index (χ4n) is 1.04. The Labute approximate surface area is 95.0 Å². The first kappa shape index (κ1) is 12.0. The van der Waals surface area contributed by atoms with Crippen LogP contribution in [0.3, 0.4) is 0 Å². The molecule has 0 atom stereocenters. The van der Waals surface area contributed by atoms with Crippen LogP contribution in [0.1, 0.15) is 5.56 Å². The van der Waals surface area contributed by atoms with Gasteiger partial charge in [-0.05, 0) is 11.6 Å². The summed E-state index contributed by atoms with van der Waals surface area (Å²) < 4.78 is 8.97. The van der Waals surface area contributed by atoms with Crippen molar-refractivity contribution in [1.29, 1.82) is 0 Å². The summed E-state index contributed by atoms with van der Waals surface area (Å²) in [6, 6.07) is 9.94. The predicted molar refractivity (Wildman–Crippen MR) is 63.0 cm³/mol. The number of hydrogen-bond acceptors (Lipinski definition) is 3. The van der Waals surface area contributed by atoms with Crippen molar-refractivity contribution < 1.29 is 14.3 Å². The monoisotopic (exact) mass is 218 g/mol. The topological polar surface area (TPSA) is 35.5 Å². The molecule has 0 aliphatic heterocycles. The second-order valence-electron chi connectivity index (χ2n) is 2.96. The van der Waals surface area contributed by atoms with Crippen molar-refractivity contribution in [2.24, 2.45) is 0 Å². The maximum atomic E-state index is 10.6. The number of methoxy groups -OCH3 is 1. The lowest BCUT2D eigenvalue weighted by atomic mass is 10.2. The van der Waals surface area contributed by atoms with Crippen LogP contribution in [0.5, 0.6) is 0 Å². The van der Waals surface area contributed by atoms with E-state index < -0.39 is 6.16 Å².